The van der Waals surface area contributed by atoms with E-state index in [4.69, 9.17) is 0 Å². The molecule has 0 bridgehead atoms. The number of H-pyrrole nitrogens is 1. The van der Waals surface area contributed by atoms with Gasteiger partial charge >= 0.3 is 6.03 Å². The Morgan fingerprint density at radius 1 is 1.20 bits per heavy atom. The fourth-order valence-corrected chi connectivity index (χ4v) is 3.41. The molecular formula is C18H24N6O. The van der Waals surface area contributed by atoms with Gasteiger partial charge in [-0.15, -0.1) is 0 Å². The molecule has 1 aliphatic heterocycles. The molecule has 7 nitrogen and oxygen atoms in total. The molecule has 4 N–H and O–H groups in total. The van der Waals surface area contributed by atoms with Crippen LogP contribution >= 0.6 is 0 Å². The number of hydrogen-bond acceptors (Lipinski definition) is 4. The number of carbonyl (C=O) groups is 1. The van der Waals surface area contributed by atoms with E-state index < -0.39 is 0 Å². The standard InChI is InChI=1S/C18H24N6O/c25-18(20-11-16-22-17(24-23-16)13-6-7-13)21-15-10-19-9-8-14(15)12-4-2-1-3-5-12/h1-5,13-15,19H,6-11H2,(H2,20,21,25)(H,22,23,24)/t14-,15-/m1/s1. The lowest BCUT2D eigenvalue weighted by atomic mass is 9.86. The first-order valence-corrected chi connectivity index (χ1v) is 9.01. The highest BCUT2D eigenvalue weighted by molar-refractivity contribution is 5.74. The normalized spacial score (nSPS) is 23.2. The van der Waals surface area contributed by atoms with E-state index in [0.29, 0.717) is 24.2 Å². The number of hydrogen-bond donors (Lipinski definition) is 4. The Bertz CT molecular complexity index is 711. The summed E-state index contributed by atoms with van der Waals surface area (Å²) in [6.07, 6.45) is 3.35. The Morgan fingerprint density at radius 2 is 2.04 bits per heavy atom. The summed E-state index contributed by atoms with van der Waals surface area (Å²) in [5.74, 6) is 2.43. The van der Waals surface area contributed by atoms with Crippen LogP contribution in [0.2, 0.25) is 0 Å². The van der Waals surface area contributed by atoms with E-state index in [9.17, 15) is 4.79 Å². The molecule has 0 spiro atoms. The third-order valence-electron chi connectivity index (χ3n) is 4.93. The van der Waals surface area contributed by atoms with Crippen LogP contribution in [0.3, 0.4) is 0 Å². The monoisotopic (exact) mass is 340 g/mol. The number of carbonyl (C=O) groups excluding carboxylic acids is 1. The zero-order valence-electron chi connectivity index (χ0n) is 14.2. The van der Waals surface area contributed by atoms with Gasteiger partial charge in [-0.05, 0) is 31.4 Å². The minimum Gasteiger partial charge on any atom is -0.334 e. The fraction of sp³-hybridized carbons (Fsp3) is 0.500. The second-order valence-electron chi connectivity index (χ2n) is 6.86. The molecule has 1 aromatic heterocycles. The van der Waals surface area contributed by atoms with Gasteiger partial charge in [-0.25, -0.2) is 9.78 Å². The van der Waals surface area contributed by atoms with Crippen LogP contribution in [0.15, 0.2) is 30.3 Å². The van der Waals surface area contributed by atoms with E-state index in [1.807, 2.05) is 6.07 Å². The lowest BCUT2D eigenvalue weighted by molar-refractivity contribution is 0.230. The van der Waals surface area contributed by atoms with Crippen LogP contribution in [0.1, 0.15) is 48.3 Å². The highest BCUT2D eigenvalue weighted by atomic mass is 16.2. The highest BCUT2D eigenvalue weighted by Gasteiger charge is 2.29. The summed E-state index contributed by atoms with van der Waals surface area (Å²) in [5, 5.41) is 16.5. The van der Waals surface area contributed by atoms with E-state index >= 15 is 0 Å². The van der Waals surface area contributed by atoms with Crippen LogP contribution in [-0.2, 0) is 6.54 Å². The van der Waals surface area contributed by atoms with Crippen LogP contribution in [-0.4, -0.2) is 40.3 Å². The maximum Gasteiger partial charge on any atom is 0.315 e. The van der Waals surface area contributed by atoms with Crippen LogP contribution in [0.25, 0.3) is 0 Å². The van der Waals surface area contributed by atoms with E-state index in [0.717, 1.165) is 25.3 Å². The maximum absolute atomic E-state index is 12.3. The number of rotatable bonds is 5. The Hall–Kier alpha value is -2.41. The number of benzene rings is 1. The van der Waals surface area contributed by atoms with E-state index in [-0.39, 0.29) is 12.1 Å². The first-order valence-electron chi connectivity index (χ1n) is 9.01. The summed E-state index contributed by atoms with van der Waals surface area (Å²) in [6, 6.07) is 10.3. The summed E-state index contributed by atoms with van der Waals surface area (Å²) in [4.78, 5) is 16.7. The molecule has 25 heavy (non-hydrogen) atoms. The van der Waals surface area contributed by atoms with Gasteiger partial charge < -0.3 is 16.0 Å². The van der Waals surface area contributed by atoms with Crippen molar-refractivity contribution in [2.24, 2.45) is 0 Å². The van der Waals surface area contributed by atoms with Gasteiger partial charge in [-0.2, -0.15) is 5.10 Å². The van der Waals surface area contributed by atoms with Crippen molar-refractivity contribution in [1.29, 1.82) is 0 Å². The second-order valence-corrected chi connectivity index (χ2v) is 6.86. The number of aromatic amines is 1. The van der Waals surface area contributed by atoms with Gasteiger partial charge in [0, 0.05) is 24.4 Å². The Morgan fingerprint density at radius 3 is 2.84 bits per heavy atom. The van der Waals surface area contributed by atoms with Crippen molar-refractivity contribution in [3.63, 3.8) is 0 Å². The van der Waals surface area contributed by atoms with E-state index in [1.54, 1.807) is 0 Å². The third-order valence-corrected chi connectivity index (χ3v) is 4.93. The number of urea groups is 1. The zero-order valence-corrected chi connectivity index (χ0v) is 14.2. The minimum atomic E-state index is -0.168. The van der Waals surface area contributed by atoms with Gasteiger partial charge in [0.1, 0.15) is 5.82 Å². The quantitative estimate of drug-likeness (QED) is 0.665. The minimum absolute atomic E-state index is 0.0768. The first kappa shape index (κ1) is 16.1. The van der Waals surface area contributed by atoms with Crippen molar-refractivity contribution >= 4 is 6.03 Å². The number of nitrogens with one attached hydrogen (secondary N) is 4. The summed E-state index contributed by atoms with van der Waals surface area (Å²) in [5.41, 5.74) is 1.28. The van der Waals surface area contributed by atoms with Crippen molar-refractivity contribution in [3.05, 3.63) is 47.5 Å². The highest BCUT2D eigenvalue weighted by Crippen LogP contribution is 2.37. The summed E-state index contributed by atoms with van der Waals surface area (Å²) < 4.78 is 0. The van der Waals surface area contributed by atoms with E-state index in [1.165, 1.54) is 18.4 Å². The molecule has 2 aliphatic rings. The average molecular weight is 340 g/mol. The molecule has 1 aromatic carbocycles. The maximum atomic E-state index is 12.3. The molecule has 132 valence electrons. The SMILES string of the molecule is O=C(NCc1nc(C2CC2)n[nH]1)N[C@@H]1CNCC[C@@H]1c1ccccc1. The summed E-state index contributed by atoms with van der Waals surface area (Å²) >= 11 is 0. The van der Waals surface area contributed by atoms with Crippen molar-refractivity contribution in [3.8, 4) is 0 Å². The van der Waals surface area contributed by atoms with Crippen molar-refractivity contribution in [2.45, 2.75) is 43.7 Å². The average Bonchev–Trinajstić information content (AvgIpc) is 3.39. The molecule has 2 atom stereocenters. The summed E-state index contributed by atoms with van der Waals surface area (Å²) in [7, 11) is 0. The lowest BCUT2D eigenvalue weighted by Gasteiger charge is -2.33. The van der Waals surface area contributed by atoms with Gasteiger partial charge in [-0.1, -0.05) is 30.3 Å². The zero-order chi connectivity index (χ0) is 17.1. The van der Waals surface area contributed by atoms with E-state index in [2.05, 4.69) is 55.4 Å². The molecule has 4 rings (SSSR count). The summed E-state index contributed by atoms with van der Waals surface area (Å²) in [6.45, 7) is 2.12. The Balaban J connectivity index is 1.32. The molecule has 1 saturated carbocycles. The largest absolute Gasteiger partial charge is 0.334 e. The van der Waals surface area contributed by atoms with Crippen molar-refractivity contribution < 1.29 is 4.79 Å². The topological polar surface area (TPSA) is 94.7 Å². The van der Waals surface area contributed by atoms with Gasteiger partial charge in [0.05, 0.1) is 6.54 Å². The molecule has 0 unspecified atom stereocenters. The number of piperidine rings is 1. The van der Waals surface area contributed by atoms with Crippen molar-refractivity contribution in [1.82, 2.24) is 31.1 Å². The Labute approximate surface area is 147 Å². The molecule has 2 aromatic rings. The first-order chi connectivity index (χ1) is 12.3. The number of amides is 2. The van der Waals surface area contributed by atoms with Gasteiger partial charge in [0.25, 0.3) is 0 Å². The Kier molecular flexibility index (Phi) is 4.65. The smallest absolute Gasteiger partial charge is 0.315 e. The van der Waals surface area contributed by atoms with Gasteiger partial charge in [0.2, 0.25) is 0 Å². The molecular weight excluding hydrogens is 316 g/mol. The second kappa shape index (κ2) is 7.23. The van der Waals surface area contributed by atoms with Crippen LogP contribution < -0.4 is 16.0 Å². The van der Waals surface area contributed by atoms with Crippen LogP contribution in [0.4, 0.5) is 4.79 Å². The molecule has 2 heterocycles. The lowest BCUT2D eigenvalue weighted by Crippen LogP contribution is -2.52. The number of aromatic nitrogens is 3. The molecule has 7 heteroatoms. The van der Waals surface area contributed by atoms with Gasteiger partial charge in [-0.3, -0.25) is 5.10 Å². The fourth-order valence-electron chi connectivity index (χ4n) is 3.41. The molecule has 2 amide bonds. The predicted molar refractivity (Wildman–Crippen MR) is 94.2 cm³/mol. The number of nitrogens with zero attached hydrogens (tertiary/aromatic N) is 2. The van der Waals surface area contributed by atoms with Gasteiger partial charge in [0.15, 0.2) is 5.82 Å². The van der Waals surface area contributed by atoms with Crippen LogP contribution in [0.5, 0.6) is 0 Å². The molecule has 1 aliphatic carbocycles. The predicted octanol–water partition coefficient (Wildman–Crippen LogP) is 1.63. The van der Waals surface area contributed by atoms with Crippen molar-refractivity contribution in [2.75, 3.05) is 13.1 Å². The molecule has 0 radical (unpaired) electrons. The molecule has 1 saturated heterocycles. The van der Waals surface area contributed by atoms with Crippen LogP contribution in [0, 0.1) is 0 Å². The molecule has 2 fully saturated rings. The third kappa shape index (κ3) is 3.99.